The third-order valence-electron chi connectivity index (χ3n) is 4.22. The molecule has 0 saturated carbocycles. The van der Waals surface area contributed by atoms with E-state index in [-0.39, 0.29) is 17.9 Å². The van der Waals surface area contributed by atoms with Gasteiger partial charge in [-0.1, -0.05) is 39.0 Å². The number of carbonyl (C=O) groups is 2. The lowest BCUT2D eigenvalue weighted by molar-refractivity contribution is -0.141. The summed E-state index contributed by atoms with van der Waals surface area (Å²) in [6, 6.07) is 7.63. The molecule has 1 atom stereocenters. The molecule has 1 unspecified atom stereocenters. The zero-order valence-electron chi connectivity index (χ0n) is 14.0. The van der Waals surface area contributed by atoms with Crippen molar-refractivity contribution in [2.75, 3.05) is 18.0 Å². The number of rotatable bonds is 4. The molecule has 0 bridgehead atoms. The van der Waals surface area contributed by atoms with Crippen molar-refractivity contribution in [3.8, 4) is 0 Å². The third-order valence-corrected chi connectivity index (χ3v) is 4.22. The summed E-state index contributed by atoms with van der Waals surface area (Å²) in [5.74, 6) is 0.414. The van der Waals surface area contributed by atoms with E-state index in [1.165, 1.54) is 5.56 Å². The maximum atomic E-state index is 12.7. The lowest BCUT2D eigenvalue weighted by atomic mass is 10.0. The van der Waals surface area contributed by atoms with Crippen LogP contribution in [0.1, 0.15) is 39.7 Å². The number of benzene rings is 1. The Kier molecular flexibility index (Phi) is 5.22. The zero-order valence-corrected chi connectivity index (χ0v) is 14.0. The van der Waals surface area contributed by atoms with Gasteiger partial charge in [0, 0.05) is 25.2 Å². The van der Waals surface area contributed by atoms with Crippen molar-refractivity contribution in [1.29, 1.82) is 0 Å². The topological polar surface area (TPSA) is 40.6 Å². The minimum absolute atomic E-state index is 0.0178. The molecule has 22 heavy (non-hydrogen) atoms. The Labute approximate surface area is 133 Å². The van der Waals surface area contributed by atoms with Gasteiger partial charge in [0.1, 0.15) is 6.04 Å². The molecule has 2 amide bonds. The van der Waals surface area contributed by atoms with Crippen LogP contribution in [0.2, 0.25) is 0 Å². The fourth-order valence-corrected chi connectivity index (χ4v) is 2.99. The Hall–Kier alpha value is -1.84. The zero-order chi connectivity index (χ0) is 16.3. The van der Waals surface area contributed by atoms with E-state index in [1.54, 1.807) is 4.90 Å². The maximum absolute atomic E-state index is 12.7. The van der Waals surface area contributed by atoms with E-state index in [2.05, 4.69) is 13.0 Å². The van der Waals surface area contributed by atoms with Crippen LogP contribution < -0.4 is 4.90 Å². The predicted molar refractivity (Wildman–Crippen MR) is 88.8 cm³/mol. The largest absolute Gasteiger partial charge is 0.329 e. The lowest BCUT2D eigenvalue weighted by Gasteiger charge is -2.40. The fourth-order valence-electron chi connectivity index (χ4n) is 2.99. The van der Waals surface area contributed by atoms with Crippen molar-refractivity contribution in [3.63, 3.8) is 0 Å². The van der Waals surface area contributed by atoms with Crippen LogP contribution in [0.5, 0.6) is 0 Å². The van der Waals surface area contributed by atoms with E-state index < -0.39 is 0 Å². The average molecular weight is 302 g/mol. The maximum Gasteiger partial charge on any atom is 0.249 e. The molecule has 0 radical (unpaired) electrons. The van der Waals surface area contributed by atoms with Gasteiger partial charge in [-0.25, -0.2) is 0 Å². The van der Waals surface area contributed by atoms with Gasteiger partial charge >= 0.3 is 0 Å². The second kappa shape index (κ2) is 6.95. The number of nitrogens with zero attached hydrogens (tertiary/aromatic N) is 2. The minimum Gasteiger partial charge on any atom is -0.329 e. The predicted octanol–water partition coefficient (Wildman–Crippen LogP) is 2.86. The summed E-state index contributed by atoms with van der Waals surface area (Å²) in [7, 11) is 0. The van der Waals surface area contributed by atoms with Crippen LogP contribution >= 0.6 is 0 Å². The Morgan fingerprint density at radius 3 is 2.59 bits per heavy atom. The second-order valence-electron chi connectivity index (χ2n) is 6.33. The first kappa shape index (κ1) is 16.5. The summed E-state index contributed by atoms with van der Waals surface area (Å²) >= 11 is 0. The quantitative estimate of drug-likeness (QED) is 0.858. The van der Waals surface area contributed by atoms with Crippen molar-refractivity contribution in [2.45, 2.75) is 46.6 Å². The van der Waals surface area contributed by atoms with E-state index in [0.29, 0.717) is 25.4 Å². The van der Waals surface area contributed by atoms with Gasteiger partial charge in [0.05, 0.1) is 0 Å². The van der Waals surface area contributed by atoms with Gasteiger partial charge in [0.2, 0.25) is 11.8 Å². The first-order valence-corrected chi connectivity index (χ1v) is 8.14. The van der Waals surface area contributed by atoms with E-state index in [4.69, 9.17) is 0 Å². The number of aryl methyl sites for hydroxylation is 1. The summed E-state index contributed by atoms with van der Waals surface area (Å²) in [4.78, 5) is 28.6. The molecule has 4 heteroatoms. The first-order chi connectivity index (χ1) is 10.5. The molecule has 1 aliphatic heterocycles. The second-order valence-corrected chi connectivity index (χ2v) is 6.33. The van der Waals surface area contributed by atoms with E-state index in [1.807, 2.05) is 43.9 Å². The number of hydrogen-bond donors (Lipinski definition) is 0. The number of para-hydroxylation sites is 1. The van der Waals surface area contributed by atoms with E-state index in [0.717, 1.165) is 12.1 Å². The summed E-state index contributed by atoms with van der Waals surface area (Å²) in [6.07, 6.45) is 1.40. The smallest absolute Gasteiger partial charge is 0.249 e. The van der Waals surface area contributed by atoms with Crippen LogP contribution in [0.3, 0.4) is 0 Å². The summed E-state index contributed by atoms with van der Waals surface area (Å²) in [5.41, 5.74) is 2.16. The van der Waals surface area contributed by atoms with Crippen LogP contribution in [-0.2, 0) is 16.0 Å². The van der Waals surface area contributed by atoms with Crippen LogP contribution in [0.25, 0.3) is 0 Å². The highest BCUT2D eigenvalue weighted by Crippen LogP contribution is 2.25. The van der Waals surface area contributed by atoms with Gasteiger partial charge in [0.25, 0.3) is 0 Å². The highest BCUT2D eigenvalue weighted by molar-refractivity contribution is 6.00. The van der Waals surface area contributed by atoms with Gasteiger partial charge < -0.3 is 9.80 Å². The van der Waals surface area contributed by atoms with E-state index >= 15 is 0 Å². The molecule has 120 valence electrons. The van der Waals surface area contributed by atoms with Crippen LogP contribution in [0.4, 0.5) is 5.69 Å². The molecule has 1 heterocycles. The normalized spacial score (nSPS) is 19.0. The summed E-state index contributed by atoms with van der Waals surface area (Å²) in [6.45, 7) is 9.16. The van der Waals surface area contributed by atoms with Gasteiger partial charge in [-0.2, -0.15) is 0 Å². The van der Waals surface area contributed by atoms with Crippen molar-refractivity contribution < 1.29 is 9.59 Å². The van der Waals surface area contributed by atoms with Crippen molar-refractivity contribution >= 4 is 17.5 Å². The molecular weight excluding hydrogens is 276 g/mol. The van der Waals surface area contributed by atoms with Crippen LogP contribution in [-0.4, -0.2) is 35.8 Å². The van der Waals surface area contributed by atoms with Crippen molar-refractivity contribution in [2.24, 2.45) is 5.92 Å². The number of amides is 2. The Balaban J connectivity index is 2.17. The molecule has 2 rings (SSSR count). The number of carbonyl (C=O) groups excluding carboxylic acids is 2. The highest BCUT2D eigenvalue weighted by Gasteiger charge is 2.35. The van der Waals surface area contributed by atoms with Gasteiger partial charge in [0.15, 0.2) is 0 Å². The van der Waals surface area contributed by atoms with Gasteiger partial charge in [-0.3, -0.25) is 9.59 Å². The molecular formula is C18H26N2O2. The average Bonchev–Trinajstić information content (AvgIpc) is 2.49. The molecule has 0 spiro atoms. The monoisotopic (exact) mass is 302 g/mol. The van der Waals surface area contributed by atoms with Gasteiger partial charge in [-0.15, -0.1) is 0 Å². The standard InChI is InChI=1S/C18H26N2O2/c1-5-15-8-6-7-9-16(15)20-11-10-19(14(4)18(20)22)17(21)12-13(2)3/h6-9,13-14H,5,10-12H2,1-4H3. The summed E-state index contributed by atoms with van der Waals surface area (Å²) < 4.78 is 0. The van der Waals surface area contributed by atoms with Crippen LogP contribution in [0.15, 0.2) is 24.3 Å². The Morgan fingerprint density at radius 1 is 1.27 bits per heavy atom. The number of piperazine rings is 1. The lowest BCUT2D eigenvalue weighted by Crippen LogP contribution is -2.58. The summed E-state index contributed by atoms with van der Waals surface area (Å²) in [5, 5.41) is 0. The molecule has 0 aromatic heterocycles. The number of hydrogen-bond acceptors (Lipinski definition) is 2. The van der Waals surface area contributed by atoms with Gasteiger partial charge in [-0.05, 0) is 30.9 Å². The third kappa shape index (κ3) is 3.32. The molecule has 1 fully saturated rings. The van der Waals surface area contributed by atoms with Crippen LogP contribution in [0, 0.1) is 5.92 Å². The van der Waals surface area contributed by atoms with E-state index in [9.17, 15) is 9.59 Å². The molecule has 0 aliphatic carbocycles. The fraction of sp³-hybridized carbons (Fsp3) is 0.556. The molecule has 1 aliphatic rings. The molecule has 4 nitrogen and oxygen atoms in total. The molecule has 1 aromatic rings. The number of anilines is 1. The Morgan fingerprint density at radius 2 is 1.95 bits per heavy atom. The first-order valence-electron chi connectivity index (χ1n) is 8.14. The molecule has 0 N–H and O–H groups in total. The highest BCUT2D eigenvalue weighted by atomic mass is 16.2. The van der Waals surface area contributed by atoms with Crippen molar-refractivity contribution in [1.82, 2.24) is 4.90 Å². The SMILES string of the molecule is CCc1ccccc1N1CCN(C(=O)CC(C)C)C(C)C1=O. The molecule has 1 aromatic carbocycles. The van der Waals surface area contributed by atoms with Crippen molar-refractivity contribution in [3.05, 3.63) is 29.8 Å². The minimum atomic E-state index is -0.384. The Bertz CT molecular complexity index is 554. The molecule has 1 saturated heterocycles.